The van der Waals surface area contributed by atoms with Crippen LogP contribution in [-0.2, 0) is 11.8 Å². The first-order chi connectivity index (χ1) is 20.6. The third-order valence-electron chi connectivity index (χ3n) is 7.12. The van der Waals surface area contributed by atoms with Crippen LogP contribution < -0.4 is 10.1 Å². The highest BCUT2D eigenvalue weighted by atomic mass is 19.1. The van der Waals surface area contributed by atoms with Crippen molar-refractivity contribution in [1.82, 2.24) is 29.6 Å². The molecule has 0 saturated carbocycles. The Morgan fingerprint density at radius 3 is 2.67 bits per heavy atom. The number of rotatable bonds is 5. The van der Waals surface area contributed by atoms with Gasteiger partial charge in [-0.25, -0.2) is 23.5 Å². The average molecular weight is 588 g/mol. The average Bonchev–Trinajstić information content (AvgIpc) is 3.41. The maximum Gasteiger partial charge on any atom is 0.410 e. The fourth-order valence-corrected chi connectivity index (χ4v) is 5.09. The number of alkyl halides is 1. The minimum absolute atomic E-state index is 0.169. The lowest BCUT2D eigenvalue weighted by Crippen LogP contribution is -2.50. The van der Waals surface area contributed by atoms with Crippen LogP contribution in [0, 0.1) is 5.82 Å². The van der Waals surface area contributed by atoms with Crippen molar-refractivity contribution in [3.05, 3.63) is 67.1 Å². The van der Waals surface area contributed by atoms with Gasteiger partial charge in [-0.1, -0.05) is 0 Å². The summed E-state index contributed by atoms with van der Waals surface area (Å²) in [5, 5.41) is 8.17. The van der Waals surface area contributed by atoms with Crippen molar-refractivity contribution in [3.8, 4) is 16.9 Å². The summed E-state index contributed by atoms with van der Waals surface area (Å²) in [5.74, 6) is 0.132. The van der Waals surface area contributed by atoms with E-state index >= 15 is 8.78 Å². The molecule has 1 N–H and O–H groups in total. The molecule has 2 aromatic carbocycles. The van der Waals surface area contributed by atoms with Crippen LogP contribution in [0.25, 0.3) is 32.9 Å². The summed E-state index contributed by atoms with van der Waals surface area (Å²) in [7, 11) is 1.81. The van der Waals surface area contributed by atoms with Gasteiger partial charge in [0.1, 0.15) is 29.6 Å². The Morgan fingerprint density at radius 2 is 1.93 bits per heavy atom. The van der Waals surface area contributed by atoms with Crippen molar-refractivity contribution in [2.75, 3.05) is 18.4 Å². The number of piperidine rings is 1. The molecule has 10 nitrogen and oxygen atoms in total. The number of likely N-dealkylation sites (tertiary alicyclic amines) is 1. The summed E-state index contributed by atoms with van der Waals surface area (Å²) in [6.45, 7) is 5.39. The molecule has 0 unspecified atom stereocenters. The highest BCUT2D eigenvalue weighted by Crippen LogP contribution is 2.38. The number of amides is 1. The summed E-state index contributed by atoms with van der Waals surface area (Å²) in [5.41, 5.74) is 2.11. The van der Waals surface area contributed by atoms with Crippen molar-refractivity contribution in [1.29, 1.82) is 0 Å². The van der Waals surface area contributed by atoms with Gasteiger partial charge in [0.2, 0.25) is 0 Å². The molecular formula is C31H31F2N7O3. The second-order valence-corrected chi connectivity index (χ2v) is 11.5. The SMILES string of the molecule is Cn1cc(-c2cc(O[C@@H]3CCN(C(=O)OC(C)(C)C)C[C@H]3F)c3c(Nc4ccc5ncccc5c4F)ncnc3c2)cn1. The number of anilines is 2. The molecule has 1 saturated heterocycles. The van der Waals surface area contributed by atoms with E-state index in [-0.39, 0.29) is 25.2 Å². The van der Waals surface area contributed by atoms with E-state index in [1.54, 1.807) is 68.2 Å². The van der Waals surface area contributed by atoms with Gasteiger partial charge in [-0.3, -0.25) is 9.67 Å². The van der Waals surface area contributed by atoms with Crippen molar-refractivity contribution in [3.63, 3.8) is 0 Å². The smallest absolute Gasteiger partial charge is 0.410 e. The van der Waals surface area contributed by atoms with Crippen LogP contribution in [0.3, 0.4) is 0 Å². The van der Waals surface area contributed by atoms with Gasteiger partial charge in [-0.2, -0.15) is 5.10 Å². The zero-order chi connectivity index (χ0) is 30.3. The molecule has 222 valence electrons. The topological polar surface area (TPSA) is 107 Å². The van der Waals surface area contributed by atoms with Crippen molar-refractivity contribution >= 4 is 39.4 Å². The van der Waals surface area contributed by atoms with Gasteiger partial charge < -0.3 is 19.7 Å². The van der Waals surface area contributed by atoms with Crippen LogP contribution in [-0.4, -0.2) is 66.7 Å². The molecule has 5 aromatic rings. The van der Waals surface area contributed by atoms with Gasteiger partial charge in [0, 0.05) is 43.4 Å². The van der Waals surface area contributed by atoms with E-state index in [1.165, 1.54) is 11.2 Å². The number of aromatic nitrogens is 5. The van der Waals surface area contributed by atoms with E-state index in [2.05, 4.69) is 25.4 Å². The second kappa shape index (κ2) is 11.1. The lowest BCUT2D eigenvalue weighted by molar-refractivity contribution is -0.0102. The number of hydrogen-bond donors (Lipinski definition) is 1. The number of nitrogens with one attached hydrogen (secondary N) is 1. The highest BCUT2D eigenvalue weighted by molar-refractivity contribution is 5.99. The van der Waals surface area contributed by atoms with E-state index in [9.17, 15) is 4.79 Å². The minimum atomic E-state index is -1.48. The van der Waals surface area contributed by atoms with Crippen molar-refractivity contribution in [2.24, 2.45) is 7.05 Å². The Hall–Kier alpha value is -4.87. The third-order valence-corrected chi connectivity index (χ3v) is 7.12. The van der Waals surface area contributed by atoms with Gasteiger partial charge in [0.25, 0.3) is 0 Å². The molecule has 0 aliphatic carbocycles. The first-order valence-corrected chi connectivity index (χ1v) is 13.9. The highest BCUT2D eigenvalue weighted by Gasteiger charge is 2.35. The van der Waals surface area contributed by atoms with Crippen LogP contribution in [0.4, 0.5) is 25.1 Å². The largest absolute Gasteiger partial charge is 0.486 e. The molecule has 2 atom stereocenters. The molecule has 12 heteroatoms. The monoisotopic (exact) mass is 587 g/mol. The maximum absolute atomic E-state index is 15.6. The predicted molar refractivity (Wildman–Crippen MR) is 158 cm³/mol. The van der Waals surface area contributed by atoms with Crippen LogP contribution in [0.5, 0.6) is 5.75 Å². The lowest BCUT2D eigenvalue weighted by Gasteiger charge is -2.35. The molecule has 3 aromatic heterocycles. The fourth-order valence-electron chi connectivity index (χ4n) is 5.09. The summed E-state index contributed by atoms with van der Waals surface area (Å²) >= 11 is 0. The third kappa shape index (κ3) is 5.90. The first-order valence-electron chi connectivity index (χ1n) is 13.9. The van der Waals surface area contributed by atoms with E-state index in [4.69, 9.17) is 9.47 Å². The molecule has 4 heterocycles. The quantitative estimate of drug-likeness (QED) is 0.260. The van der Waals surface area contributed by atoms with Gasteiger partial charge >= 0.3 is 6.09 Å². The lowest BCUT2D eigenvalue weighted by atomic mass is 10.0. The first kappa shape index (κ1) is 28.3. The molecule has 0 radical (unpaired) electrons. The molecule has 1 fully saturated rings. The molecule has 43 heavy (non-hydrogen) atoms. The number of carbonyl (C=O) groups is 1. The van der Waals surface area contributed by atoms with E-state index in [0.717, 1.165) is 11.1 Å². The molecule has 6 rings (SSSR count). The maximum atomic E-state index is 15.6. The number of fused-ring (bicyclic) bond motifs is 2. The predicted octanol–water partition coefficient (Wildman–Crippen LogP) is 6.19. The van der Waals surface area contributed by atoms with E-state index in [1.807, 2.05) is 19.3 Å². The zero-order valence-corrected chi connectivity index (χ0v) is 24.2. The Morgan fingerprint density at radius 1 is 1.09 bits per heavy atom. The number of pyridine rings is 1. The Balaban J connectivity index is 1.37. The zero-order valence-electron chi connectivity index (χ0n) is 24.2. The van der Waals surface area contributed by atoms with Crippen LogP contribution in [0.15, 0.2) is 61.3 Å². The summed E-state index contributed by atoms with van der Waals surface area (Å²) in [4.78, 5) is 27.0. The van der Waals surface area contributed by atoms with Crippen LogP contribution in [0.2, 0.25) is 0 Å². The van der Waals surface area contributed by atoms with Crippen molar-refractivity contribution < 1.29 is 23.0 Å². The van der Waals surface area contributed by atoms with Crippen LogP contribution in [0.1, 0.15) is 27.2 Å². The van der Waals surface area contributed by atoms with Gasteiger partial charge in [-0.05, 0) is 62.7 Å². The van der Waals surface area contributed by atoms with Gasteiger partial charge in [-0.15, -0.1) is 0 Å². The van der Waals surface area contributed by atoms with Crippen LogP contribution >= 0.6 is 0 Å². The molecule has 1 aliphatic rings. The minimum Gasteiger partial charge on any atom is -0.486 e. The Kier molecular flexibility index (Phi) is 7.28. The fraction of sp³-hybridized carbons (Fsp3) is 0.323. The number of nitrogens with zero attached hydrogens (tertiary/aromatic N) is 6. The number of halogens is 2. The number of aryl methyl sites for hydroxylation is 1. The number of carbonyl (C=O) groups excluding carboxylic acids is 1. The van der Waals surface area contributed by atoms with Gasteiger partial charge in [0.15, 0.2) is 12.0 Å². The molecule has 1 aliphatic heterocycles. The molecule has 0 bridgehead atoms. The second-order valence-electron chi connectivity index (χ2n) is 11.5. The Labute approximate surface area is 246 Å². The Bertz CT molecular complexity index is 1820. The van der Waals surface area contributed by atoms with Crippen molar-refractivity contribution in [2.45, 2.75) is 45.1 Å². The van der Waals surface area contributed by atoms with E-state index in [0.29, 0.717) is 33.4 Å². The summed E-state index contributed by atoms with van der Waals surface area (Å²) in [6.07, 6.45) is 3.87. The standard InChI is InChI=1S/C31H31F2N7O3/c1-31(2,3)43-30(41)40-11-9-25(21(32)16-40)42-26-13-18(19-14-37-39(4)15-19)12-24-27(26)29(36-17-35-24)38-23-8-7-22-20(28(23)33)6-5-10-34-22/h5-8,10,12-15,17,21,25H,9,11,16H2,1-4H3,(H,35,36,38)/t21-,25-/m1/s1. The molecule has 0 spiro atoms. The molecule has 1 amide bonds. The van der Waals surface area contributed by atoms with E-state index < -0.39 is 29.8 Å². The molecular weight excluding hydrogens is 556 g/mol. The number of benzene rings is 2. The number of ether oxygens (including phenoxy) is 2. The van der Waals surface area contributed by atoms with Gasteiger partial charge in [0.05, 0.1) is 34.8 Å². The number of hydrogen-bond acceptors (Lipinski definition) is 8. The summed E-state index contributed by atoms with van der Waals surface area (Å²) < 4.78 is 44.5. The normalized spacial score (nSPS) is 17.3. The summed E-state index contributed by atoms with van der Waals surface area (Å²) in [6, 6.07) is 10.3.